The van der Waals surface area contributed by atoms with Gasteiger partial charge in [-0.15, -0.1) is 0 Å². The fraction of sp³-hybridized carbons (Fsp3) is 0.0500. The van der Waals surface area contributed by atoms with Crippen molar-refractivity contribution < 1.29 is 18.3 Å². The molecule has 3 aromatic rings. The minimum absolute atomic E-state index is 0.313. The van der Waals surface area contributed by atoms with Crippen molar-refractivity contribution in [3.05, 3.63) is 90.0 Å². The Balaban J connectivity index is 1.77. The first-order chi connectivity index (χ1) is 12.1. The summed E-state index contributed by atoms with van der Waals surface area (Å²) in [5, 5.41) is 0. The normalized spacial score (nSPS) is 10.4. The molecule has 0 heterocycles. The van der Waals surface area contributed by atoms with Crippen LogP contribution in [0.25, 0.3) is 0 Å². The molecule has 0 fully saturated rings. The van der Waals surface area contributed by atoms with Crippen LogP contribution in [-0.2, 0) is 0 Å². The molecule has 0 aliphatic carbocycles. The molecule has 3 rings (SSSR count). The first kappa shape index (κ1) is 16.6. The first-order valence-electron chi connectivity index (χ1n) is 7.61. The van der Waals surface area contributed by atoms with E-state index in [0.29, 0.717) is 17.2 Å². The molecule has 0 aromatic heterocycles. The standard InChI is InChI=1S/C20H15F2NO2/c1-23(20(24)17-8-5-9-18(21)19(17)22)14-10-12-16(13-11-14)25-15-6-3-2-4-7-15/h2-13H,1H3. The van der Waals surface area contributed by atoms with Gasteiger partial charge in [0.25, 0.3) is 5.91 Å². The van der Waals surface area contributed by atoms with Gasteiger partial charge < -0.3 is 9.64 Å². The molecule has 0 radical (unpaired) electrons. The monoisotopic (exact) mass is 339 g/mol. The molecule has 0 aliphatic rings. The van der Waals surface area contributed by atoms with Gasteiger partial charge in [0.05, 0.1) is 5.56 Å². The number of hydrogen-bond acceptors (Lipinski definition) is 2. The third-order valence-electron chi connectivity index (χ3n) is 3.69. The van der Waals surface area contributed by atoms with Crippen LogP contribution in [-0.4, -0.2) is 13.0 Å². The van der Waals surface area contributed by atoms with Gasteiger partial charge in [-0.1, -0.05) is 24.3 Å². The number of para-hydroxylation sites is 1. The van der Waals surface area contributed by atoms with Crippen LogP contribution in [0.5, 0.6) is 11.5 Å². The highest BCUT2D eigenvalue weighted by Gasteiger charge is 2.19. The highest BCUT2D eigenvalue weighted by molar-refractivity contribution is 6.05. The lowest BCUT2D eigenvalue weighted by molar-refractivity contribution is 0.0988. The number of ether oxygens (including phenoxy) is 1. The number of carbonyl (C=O) groups excluding carboxylic acids is 1. The molecule has 0 saturated heterocycles. The third kappa shape index (κ3) is 3.66. The van der Waals surface area contributed by atoms with Crippen LogP contribution in [0.4, 0.5) is 14.5 Å². The molecular formula is C20H15F2NO2. The summed E-state index contributed by atoms with van der Waals surface area (Å²) in [5.74, 6) is -1.53. The Hall–Kier alpha value is -3.21. The second-order valence-electron chi connectivity index (χ2n) is 5.37. The van der Waals surface area contributed by atoms with Gasteiger partial charge >= 0.3 is 0 Å². The molecule has 0 atom stereocenters. The van der Waals surface area contributed by atoms with E-state index in [9.17, 15) is 13.6 Å². The highest BCUT2D eigenvalue weighted by Crippen LogP contribution is 2.25. The van der Waals surface area contributed by atoms with E-state index in [2.05, 4.69) is 0 Å². The fourth-order valence-electron chi connectivity index (χ4n) is 2.33. The Labute approximate surface area is 144 Å². The van der Waals surface area contributed by atoms with E-state index in [1.54, 1.807) is 24.3 Å². The predicted molar refractivity (Wildman–Crippen MR) is 92.0 cm³/mol. The van der Waals surface area contributed by atoms with E-state index in [1.807, 2.05) is 30.3 Å². The Morgan fingerprint density at radius 1 is 0.840 bits per heavy atom. The van der Waals surface area contributed by atoms with Crippen LogP contribution in [0.15, 0.2) is 72.8 Å². The Kier molecular flexibility index (Phi) is 4.75. The average Bonchev–Trinajstić information content (AvgIpc) is 2.64. The molecule has 0 N–H and O–H groups in total. The number of benzene rings is 3. The van der Waals surface area contributed by atoms with Gasteiger partial charge in [-0.3, -0.25) is 4.79 Å². The van der Waals surface area contributed by atoms with E-state index in [0.717, 1.165) is 6.07 Å². The van der Waals surface area contributed by atoms with Gasteiger partial charge in [0, 0.05) is 12.7 Å². The summed E-state index contributed by atoms with van der Waals surface area (Å²) in [5.41, 5.74) is 0.223. The maximum Gasteiger partial charge on any atom is 0.261 e. The zero-order valence-electron chi connectivity index (χ0n) is 13.4. The Morgan fingerprint density at radius 2 is 1.48 bits per heavy atom. The van der Waals surface area contributed by atoms with Crippen LogP contribution in [0.2, 0.25) is 0 Å². The summed E-state index contributed by atoms with van der Waals surface area (Å²) in [6.07, 6.45) is 0. The third-order valence-corrected chi connectivity index (χ3v) is 3.69. The van der Waals surface area contributed by atoms with E-state index >= 15 is 0 Å². The molecule has 0 unspecified atom stereocenters. The van der Waals surface area contributed by atoms with Crippen molar-refractivity contribution >= 4 is 11.6 Å². The van der Waals surface area contributed by atoms with Crippen LogP contribution >= 0.6 is 0 Å². The predicted octanol–water partition coefficient (Wildman–Crippen LogP) is 5.03. The lowest BCUT2D eigenvalue weighted by atomic mass is 10.1. The topological polar surface area (TPSA) is 29.5 Å². The second kappa shape index (κ2) is 7.13. The number of anilines is 1. The number of amides is 1. The van der Waals surface area contributed by atoms with E-state index in [1.165, 1.54) is 24.1 Å². The molecule has 1 amide bonds. The first-order valence-corrected chi connectivity index (χ1v) is 7.61. The van der Waals surface area contributed by atoms with Crippen LogP contribution < -0.4 is 9.64 Å². The smallest absolute Gasteiger partial charge is 0.261 e. The summed E-state index contributed by atoms with van der Waals surface area (Å²) in [6.45, 7) is 0. The minimum atomic E-state index is -1.15. The molecule has 0 saturated carbocycles. The van der Waals surface area contributed by atoms with Gasteiger partial charge in [0.2, 0.25) is 0 Å². The number of hydrogen-bond donors (Lipinski definition) is 0. The molecule has 126 valence electrons. The van der Waals surface area contributed by atoms with Crippen LogP contribution in [0, 0.1) is 11.6 Å². The maximum atomic E-state index is 13.8. The van der Waals surface area contributed by atoms with Crippen molar-refractivity contribution in [3.8, 4) is 11.5 Å². The van der Waals surface area contributed by atoms with Gasteiger partial charge in [-0.2, -0.15) is 0 Å². The molecular weight excluding hydrogens is 324 g/mol. The van der Waals surface area contributed by atoms with Crippen molar-refractivity contribution in [1.82, 2.24) is 0 Å². The number of nitrogens with zero attached hydrogens (tertiary/aromatic N) is 1. The van der Waals surface area contributed by atoms with Crippen molar-refractivity contribution in [2.24, 2.45) is 0 Å². The van der Waals surface area contributed by atoms with Gasteiger partial charge in [-0.25, -0.2) is 8.78 Å². The summed E-state index contributed by atoms with van der Waals surface area (Å²) in [4.78, 5) is 13.6. The largest absolute Gasteiger partial charge is 0.457 e. The maximum absolute atomic E-state index is 13.8. The molecule has 0 aliphatic heterocycles. The lowest BCUT2D eigenvalue weighted by Crippen LogP contribution is -2.27. The number of carbonyl (C=O) groups is 1. The fourth-order valence-corrected chi connectivity index (χ4v) is 2.33. The average molecular weight is 339 g/mol. The van der Waals surface area contributed by atoms with Gasteiger partial charge in [0.1, 0.15) is 11.5 Å². The van der Waals surface area contributed by atoms with Crippen molar-refractivity contribution in [3.63, 3.8) is 0 Å². The van der Waals surface area contributed by atoms with Gasteiger partial charge in [-0.05, 0) is 48.5 Å². The molecule has 3 aromatic carbocycles. The van der Waals surface area contributed by atoms with Crippen LogP contribution in [0.1, 0.15) is 10.4 Å². The molecule has 0 bridgehead atoms. The zero-order chi connectivity index (χ0) is 17.8. The molecule has 0 spiro atoms. The van der Waals surface area contributed by atoms with Crippen LogP contribution in [0.3, 0.4) is 0 Å². The highest BCUT2D eigenvalue weighted by atomic mass is 19.2. The quantitative estimate of drug-likeness (QED) is 0.667. The number of halogens is 2. The number of rotatable bonds is 4. The van der Waals surface area contributed by atoms with Crippen molar-refractivity contribution in [2.45, 2.75) is 0 Å². The van der Waals surface area contributed by atoms with E-state index in [-0.39, 0.29) is 5.56 Å². The summed E-state index contributed by atoms with van der Waals surface area (Å²) in [6, 6.07) is 19.6. The molecule has 25 heavy (non-hydrogen) atoms. The van der Waals surface area contributed by atoms with Crippen molar-refractivity contribution in [2.75, 3.05) is 11.9 Å². The second-order valence-corrected chi connectivity index (χ2v) is 5.37. The Bertz CT molecular complexity index is 880. The zero-order valence-corrected chi connectivity index (χ0v) is 13.4. The molecule has 3 nitrogen and oxygen atoms in total. The van der Waals surface area contributed by atoms with E-state index in [4.69, 9.17) is 4.74 Å². The van der Waals surface area contributed by atoms with E-state index < -0.39 is 17.5 Å². The molecule has 5 heteroatoms. The lowest BCUT2D eigenvalue weighted by Gasteiger charge is -2.18. The Morgan fingerprint density at radius 3 is 2.16 bits per heavy atom. The summed E-state index contributed by atoms with van der Waals surface area (Å²) >= 11 is 0. The summed E-state index contributed by atoms with van der Waals surface area (Å²) < 4.78 is 32.8. The van der Waals surface area contributed by atoms with Gasteiger partial charge in [0.15, 0.2) is 11.6 Å². The van der Waals surface area contributed by atoms with Crippen molar-refractivity contribution in [1.29, 1.82) is 0 Å². The summed E-state index contributed by atoms with van der Waals surface area (Å²) in [7, 11) is 1.50. The minimum Gasteiger partial charge on any atom is -0.457 e. The SMILES string of the molecule is CN(C(=O)c1cccc(F)c1F)c1ccc(Oc2ccccc2)cc1.